The molecule has 5 aliphatic rings. The Kier molecular flexibility index (Phi) is 40.5. The van der Waals surface area contributed by atoms with E-state index >= 15 is 0 Å². The highest BCUT2D eigenvalue weighted by Crippen LogP contribution is 2.35. The van der Waals surface area contributed by atoms with Gasteiger partial charge in [-0.05, 0) is 187 Å². The molecule has 11 heteroatoms. The average Bonchev–Trinajstić information content (AvgIpc) is 0.818. The Balaban J connectivity index is 0.000000360. The number of ether oxygens (including phenoxy) is 1. The van der Waals surface area contributed by atoms with Crippen LogP contribution in [0.4, 0.5) is 8.78 Å². The van der Waals surface area contributed by atoms with Crippen LogP contribution in [0.15, 0.2) is 21.7 Å². The summed E-state index contributed by atoms with van der Waals surface area (Å²) in [5.74, 6) is 6.88. The SMILES string of the molecule is CC1CCCCC1C.CCC(=O)Cc1cc(CC2CCC(F)CC2)c(=O)[nH]c1C(C)(C)CC.CCC1CCC(C)CC1.CCCCC[C@H](C)CC.CC[C@@H]1CN(C[C@H](C)CNC(C)CCCC(=O)CCC(C)(C)c2[nH]c(=O)c(CC3CCC(F)CC3)cc2C)CCO1. The molecule has 4 aliphatic carbocycles. The molecule has 6 atom stereocenters. The topological polar surface area (TPSA) is 124 Å². The smallest absolute Gasteiger partial charge is 0.251 e. The van der Waals surface area contributed by atoms with Crippen LogP contribution >= 0.6 is 0 Å². The molecule has 5 fully saturated rings. The Bertz CT molecular complexity index is 2410. The molecule has 1 saturated heterocycles. The molecule has 532 valence electrons. The molecular formula is C81H144F2N4O5. The Labute approximate surface area is 563 Å². The van der Waals surface area contributed by atoms with Gasteiger partial charge in [-0.25, -0.2) is 8.78 Å². The van der Waals surface area contributed by atoms with Gasteiger partial charge in [-0.2, -0.15) is 0 Å². The van der Waals surface area contributed by atoms with Crippen LogP contribution in [0.25, 0.3) is 0 Å². The highest BCUT2D eigenvalue weighted by atomic mass is 19.1. The van der Waals surface area contributed by atoms with Crippen LogP contribution in [-0.2, 0) is 44.4 Å². The summed E-state index contributed by atoms with van der Waals surface area (Å²) in [6.45, 7) is 42.5. The second-order valence-electron chi connectivity index (χ2n) is 31.8. The third-order valence-electron chi connectivity index (χ3n) is 22.5. The number of carbonyl (C=O) groups excluding carboxylic acids is 2. The number of aromatic nitrogens is 2. The molecule has 0 radical (unpaired) electrons. The Hall–Kier alpha value is -3.02. The van der Waals surface area contributed by atoms with Crippen molar-refractivity contribution in [3.8, 4) is 0 Å². The van der Waals surface area contributed by atoms with Crippen molar-refractivity contribution >= 4 is 11.6 Å². The average molecular weight is 1290 g/mol. The lowest BCUT2D eigenvalue weighted by atomic mass is 9.80. The van der Waals surface area contributed by atoms with Crippen molar-refractivity contribution in [3.05, 3.63) is 66.5 Å². The number of unbranched alkanes of at least 4 members (excludes halogenated alkanes) is 2. The molecule has 4 saturated carbocycles. The van der Waals surface area contributed by atoms with Crippen LogP contribution in [0.1, 0.15) is 337 Å². The van der Waals surface area contributed by atoms with E-state index in [1.807, 2.05) is 19.1 Å². The zero-order valence-corrected chi connectivity index (χ0v) is 62.7. The molecule has 0 bridgehead atoms. The number of H-pyrrole nitrogens is 2. The first-order valence-electron chi connectivity index (χ1n) is 38.5. The van der Waals surface area contributed by atoms with Gasteiger partial charge in [0.2, 0.25) is 0 Å². The molecule has 7 rings (SSSR count). The minimum absolute atomic E-state index is 0.0294. The van der Waals surface area contributed by atoms with Gasteiger partial charge in [0.15, 0.2) is 0 Å². The maximum atomic E-state index is 13.5. The number of rotatable bonds is 29. The molecular weight excluding hydrogens is 1150 g/mol. The van der Waals surface area contributed by atoms with E-state index in [9.17, 15) is 28.0 Å². The number of alkyl halides is 2. The fraction of sp³-hybridized carbons (Fsp3) is 0.852. The molecule has 3 heterocycles. The second kappa shape index (κ2) is 44.7. The Morgan fingerprint density at radius 1 is 0.641 bits per heavy atom. The first-order valence-corrected chi connectivity index (χ1v) is 38.5. The normalized spacial score (nSPS) is 24.8. The molecule has 2 aromatic rings. The summed E-state index contributed by atoms with van der Waals surface area (Å²) in [5.41, 5.74) is 4.86. The van der Waals surface area contributed by atoms with Crippen LogP contribution in [0.3, 0.4) is 0 Å². The molecule has 0 aromatic carbocycles. The Morgan fingerprint density at radius 3 is 1.71 bits per heavy atom. The predicted octanol–water partition coefficient (Wildman–Crippen LogP) is 20.6. The molecule has 2 aromatic heterocycles. The third-order valence-corrected chi connectivity index (χ3v) is 22.5. The van der Waals surface area contributed by atoms with Crippen molar-refractivity contribution in [2.24, 2.45) is 47.3 Å². The first-order chi connectivity index (χ1) is 43.7. The van der Waals surface area contributed by atoms with Crippen LogP contribution in [-0.4, -0.2) is 83.7 Å². The van der Waals surface area contributed by atoms with E-state index in [2.05, 4.69) is 131 Å². The number of Topliss-reactive ketones (excluding diaryl/α,β-unsaturated/α-hetero) is 2. The molecule has 9 nitrogen and oxygen atoms in total. The summed E-state index contributed by atoms with van der Waals surface area (Å²) in [6.07, 6.45) is 33.1. The quantitative estimate of drug-likeness (QED) is 0.0693. The fourth-order valence-corrected chi connectivity index (χ4v) is 14.5. The van der Waals surface area contributed by atoms with Crippen LogP contribution < -0.4 is 16.4 Å². The molecule has 0 amide bonds. The van der Waals surface area contributed by atoms with Gasteiger partial charge in [-0.3, -0.25) is 24.1 Å². The van der Waals surface area contributed by atoms with Crippen molar-refractivity contribution in [1.29, 1.82) is 0 Å². The maximum absolute atomic E-state index is 13.5. The van der Waals surface area contributed by atoms with Crippen LogP contribution in [0.5, 0.6) is 0 Å². The number of aryl methyl sites for hydroxylation is 1. The van der Waals surface area contributed by atoms with E-state index in [1.165, 1.54) is 89.9 Å². The number of aromatic amines is 2. The van der Waals surface area contributed by atoms with Crippen molar-refractivity contribution in [2.45, 2.75) is 365 Å². The summed E-state index contributed by atoms with van der Waals surface area (Å²) in [7, 11) is 0. The van der Waals surface area contributed by atoms with E-state index in [0.29, 0.717) is 99.9 Å². The lowest BCUT2D eigenvalue weighted by Crippen LogP contribution is -2.45. The van der Waals surface area contributed by atoms with Gasteiger partial charge in [-0.15, -0.1) is 0 Å². The number of carbonyl (C=O) groups is 2. The van der Waals surface area contributed by atoms with Gasteiger partial charge in [0.05, 0.1) is 12.7 Å². The van der Waals surface area contributed by atoms with Crippen LogP contribution in [0.2, 0.25) is 0 Å². The zero-order chi connectivity index (χ0) is 68.4. The standard InChI is InChI=1S/C34H58FN3O3.C21H32FNO2.C9H18.C9H20.C8H16/c1-7-31-23-38(17-18-41-31)22-24(2)21-36-26(4)9-8-10-30(39)15-16-34(5,6)32-25(3)19-28(33(40)37-32)20-27-11-13-29(35)14-12-27;1-5-18(24)13-15-12-16(11-14-7-9-17(22)10-8-14)20(25)23-19(15)21(3,4)6-2;1-3-9-6-4-8(2)5-7-9;1-4-6-7-8-9(3)5-2;1-7-5-3-4-6-8(7)2/h19,24,26-27,29,31,36H,7-18,20-23H2,1-6H3,(H,37,40);12,14,17H,5-11,13H2,1-4H3,(H,23,25);8-9H,3-7H2,1-2H3;9H,4-8H2,1-3H3;7-8H,3-6H2,1-2H3/t24-,26?,27?,29?,31-;;;9-;/m1..1./s1. The second-order valence-corrected chi connectivity index (χ2v) is 31.8. The molecule has 92 heavy (non-hydrogen) atoms. The Morgan fingerprint density at radius 2 is 1.20 bits per heavy atom. The fourth-order valence-electron chi connectivity index (χ4n) is 14.5. The van der Waals surface area contributed by atoms with Gasteiger partial charge in [-0.1, -0.05) is 194 Å². The summed E-state index contributed by atoms with van der Waals surface area (Å²) in [5, 5.41) is 3.67. The number of ketones is 2. The van der Waals surface area contributed by atoms with Crippen molar-refractivity contribution in [2.75, 3.05) is 32.8 Å². The summed E-state index contributed by atoms with van der Waals surface area (Å²) in [4.78, 5) is 59.1. The van der Waals surface area contributed by atoms with Gasteiger partial charge in [0.25, 0.3) is 11.1 Å². The van der Waals surface area contributed by atoms with E-state index in [0.717, 1.165) is 154 Å². The number of pyridine rings is 2. The van der Waals surface area contributed by atoms with Crippen molar-refractivity contribution in [1.82, 2.24) is 20.2 Å². The summed E-state index contributed by atoms with van der Waals surface area (Å²) in [6, 6.07) is 4.37. The maximum Gasteiger partial charge on any atom is 0.251 e. The largest absolute Gasteiger partial charge is 0.376 e. The number of nitrogens with zero attached hydrogens (tertiary/aromatic N) is 1. The van der Waals surface area contributed by atoms with E-state index in [-0.39, 0.29) is 27.7 Å². The third kappa shape index (κ3) is 32.4. The lowest BCUT2D eigenvalue weighted by molar-refractivity contribution is -0.119. The van der Waals surface area contributed by atoms with Crippen molar-refractivity contribution < 1.29 is 23.1 Å². The molecule has 3 unspecified atom stereocenters. The van der Waals surface area contributed by atoms with Crippen LogP contribution in [0, 0.1) is 54.3 Å². The zero-order valence-electron chi connectivity index (χ0n) is 62.7. The number of hydrogen-bond acceptors (Lipinski definition) is 7. The van der Waals surface area contributed by atoms with Gasteiger partial charge in [0.1, 0.15) is 23.9 Å². The minimum Gasteiger partial charge on any atom is -0.376 e. The number of nitrogens with one attached hydrogen (secondary N) is 3. The van der Waals surface area contributed by atoms with E-state index in [1.54, 1.807) is 0 Å². The van der Waals surface area contributed by atoms with Gasteiger partial charge >= 0.3 is 0 Å². The molecule has 1 aliphatic heterocycles. The first kappa shape index (κ1) is 83.2. The molecule has 3 N–H and O–H groups in total. The summed E-state index contributed by atoms with van der Waals surface area (Å²) < 4.78 is 32.6. The minimum atomic E-state index is -0.681. The molecule has 0 spiro atoms. The highest BCUT2D eigenvalue weighted by Gasteiger charge is 2.30. The van der Waals surface area contributed by atoms with Gasteiger partial charge in [0, 0.05) is 84.7 Å². The summed E-state index contributed by atoms with van der Waals surface area (Å²) >= 11 is 0. The van der Waals surface area contributed by atoms with Crippen molar-refractivity contribution in [3.63, 3.8) is 0 Å². The van der Waals surface area contributed by atoms with E-state index < -0.39 is 12.3 Å². The number of halogens is 2. The number of morpholine rings is 1. The highest BCUT2D eigenvalue weighted by molar-refractivity contribution is 5.81. The monoisotopic (exact) mass is 1290 g/mol. The lowest BCUT2D eigenvalue weighted by Gasteiger charge is -2.34. The number of hydrogen-bond donors (Lipinski definition) is 3. The van der Waals surface area contributed by atoms with E-state index in [4.69, 9.17) is 4.74 Å². The van der Waals surface area contributed by atoms with Gasteiger partial charge < -0.3 is 20.0 Å². The predicted molar refractivity (Wildman–Crippen MR) is 388 cm³/mol.